The van der Waals surface area contributed by atoms with Crippen molar-refractivity contribution in [2.45, 2.75) is 463 Å². The molecule has 0 aliphatic carbocycles. The van der Waals surface area contributed by atoms with Crippen LogP contribution in [0.4, 0.5) is 0 Å². The van der Waals surface area contributed by atoms with E-state index in [1.54, 1.807) is 0 Å². The summed E-state index contributed by atoms with van der Waals surface area (Å²) in [5.74, 6) is -0.00213. The molecule has 0 bridgehead atoms. The number of hydrogen-bond acceptors (Lipinski definition) is 5. The van der Waals surface area contributed by atoms with E-state index in [4.69, 9.17) is 4.74 Å². The molecule has 2 atom stereocenters. The van der Waals surface area contributed by atoms with E-state index in [2.05, 4.69) is 19.2 Å². The number of carbonyl (C=O) groups is 2. The first-order chi connectivity index (χ1) is 40.5. The van der Waals surface area contributed by atoms with Crippen LogP contribution in [-0.2, 0) is 14.3 Å². The van der Waals surface area contributed by atoms with E-state index in [0.717, 1.165) is 38.5 Å². The molecule has 0 aromatic carbocycles. The normalized spacial score (nSPS) is 12.4. The number of nitrogens with one attached hydrogen (secondary N) is 1. The Morgan fingerprint density at radius 1 is 0.293 bits per heavy atom. The van der Waals surface area contributed by atoms with Gasteiger partial charge in [0.2, 0.25) is 5.91 Å². The Hall–Kier alpha value is -1.14. The summed E-state index contributed by atoms with van der Waals surface area (Å²) in [6.07, 6.45) is 89.0. The molecule has 0 fully saturated rings. The second-order valence-corrected chi connectivity index (χ2v) is 26.7. The summed E-state index contributed by atoms with van der Waals surface area (Å²) in [4.78, 5) is 24.6. The van der Waals surface area contributed by atoms with Crippen molar-refractivity contribution in [1.82, 2.24) is 5.32 Å². The second-order valence-electron chi connectivity index (χ2n) is 26.7. The van der Waals surface area contributed by atoms with Gasteiger partial charge in [0.25, 0.3) is 0 Å². The van der Waals surface area contributed by atoms with Gasteiger partial charge in [-0.1, -0.05) is 412 Å². The largest absolute Gasteiger partial charge is 0.466 e. The van der Waals surface area contributed by atoms with Crippen LogP contribution in [0.5, 0.6) is 0 Å². The standard InChI is InChI=1S/C76H151NO5/c1-3-5-7-9-11-13-15-16-17-18-19-20-33-36-39-42-45-49-52-56-60-64-68-74(79)73(72-78)77-75(80)69-65-61-57-53-50-46-43-40-37-34-31-29-27-25-23-21-22-24-26-28-30-32-35-38-41-44-47-51-55-59-63-67-71-82-76(81)70-66-62-58-54-48-14-12-10-8-6-4-2/h73-74,78-79H,3-72H2,1-2H3,(H,77,80). The Labute approximate surface area is 515 Å². The zero-order valence-electron chi connectivity index (χ0n) is 56.3. The number of ether oxygens (including phenoxy) is 1. The Balaban J connectivity index is 3.32. The lowest BCUT2D eigenvalue weighted by Gasteiger charge is -2.22. The van der Waals surface area contributed by atoms with Crippen molar-refractivity contribution < 1.29 is 24.5 Å². The van der Waals surface area contributed by atoms with Crippen molar-refractivity contribution >= 4 is 11.9 Å². The zero-order chi connectivity index (χ0) is 59.2. The lowest BCUT2D eigenvalue weighted by molar-refractivity contribution is -0.143. The number of aliphatic hydroxyl groups excluding tert-OH is 2. The Kier molecular flexibility index (Phi) is 71.3. The molecule has 6 heteroatoms. The molecule has 3 N–H and O–H groups in total. The molecule has 0 saturated carbocycles. The van der Waals surface area contributed by atoms with Gasteiger partial charge in [-0.25, -0.2) is 0 Å². The molecule has 2 unspecified atom stereocenters. The molecule has 0 aromatic rings. The number of unbranched alkanes of at least 4 members (excludes halogenated alkanes) is 62. The Bertz CT molecular complexity index is 1200. The molecular weight excluding hydrogens is 1010 g/mol. The fourth-order valence-electron chi connectivity index (χ4n) is 12.6. The SMILES string of the molecule is CCCCCCCCCCCCCCCCCCCCCCCCC(O)C(CO)NC(=O)CCCCCCCCCCCCCCCCCCCCCCCCCCCCCCCCCCOC(=O)CCCCCCCCCCCCC. The third-order valence-corrected chi connectivity index (χ3v) is 18.4. The molecule has 0 aliphatic heterocycles. The van der Waals surface area contributed by atoms with Crippen molar-refractivity contribution in [1.29, 1.82) is 0 Å². The maximum absolute atomic E-state index is 12.6. The maximum atomic E-state index is 12.6. The van der Waals surface area contributed by atoms with Gasteiger partial charge in [-0.15, -0.1) is 0 Å². The van der Waals surface area contributed by atoms with E-state index in [-0.39, 0.29) is 18.5 Å². The van der Waals surface area contributed by atoms with Gasteiger partial charge in [0.1, 0.15) is 0 Å². The summed E-state index contributed by atoms with van der Waals surface area (Å²) in [5.41, 5.74) is 0. The van der Waals surface area contributed by atoms with E-state index in [9.17, 15) is 19.8 Å². The molecule has 1 amide bonds. The number of aliphatic hydroxyl groups is 2. The molecule has 82 heavy (non-hydrogen) atoms. The van der Waals surface area contributed by atoms with Gasteiger partial charge in [-0.2, -0.15) is 0 Å². The van der Waals surface area contributed by atoms with Crippen molar-refractivity contribution in [3.63, 3.8) is 0 Å². The first-order valence-electron chi connectivity index (χ1n) is 38.3. The van der Waals surface area contributed by atoms with Crippen LogP contribution in [-0.4, -0.2) is 47.4 Å². The number of rotatable bonds is 73. The third kappa shape index (κ3) is 68.0. The predicted molar refractivity (Wildman–Crippen MR) is 361 cm³/mol. The molecule has 0 spiro atoms. The van der Waals surface area contributed by atoms with Crippen molar-refractivity contribution in [2.24, 2.45) is 0 Å². The summed E-state index contributed by atoms with van der Waals surface area (Å²) >= 11 is 0. The van der Waals surface area contributed by atoms with Crippen molar-refractivity contribution in [2.75, 3.05) is 13.2 Å². The van der Waals surface area contributed by atoms with Crippen LogP contribution in [0.1, 0.15) is 450 Å². The minimum atomic E-state index is -0.661. The highest BCUT2D eigenvalue weighted by Crippen LogP contribution is 2.20. The van der Waals surface area contributed by atoms with Crippen LogP contribution < -0.4 is 5.32 Å². The molecule has 0 saturated heterocycles. The summed E-state index contributed by atoms with van der Waals surface area (Å²) in [5, 5.41) is 23.5. The number of amides is 1. The summed E-state index contributed by atoms with van der Waals surface area (Å²) in [6, 6.07) is -0.538. The lowest BCUT2D eigenvalue weighted by Crippen LogP contribution is -2.45. The Morgan fingerprint density at radius 2 is 0.500 bits per heavy atom. The molecular formula is C76H151NO5. The molecule has 0 rings (SSSR count). The highest BCUT2D eigenvalue weighted by Gasteiger charge is 2.20. The highest BCUT2D eigenvalue weighted by atomic mass is 16.5. The molecule has 0 radical (unpaired) electrons. The van der Waals surface area contributed by atoms with Crippen LogP contribution in [0.25, 0.3) is 0 Å². The lowest BCUT2D eigenvalue weighted by atomic mass is 10.0. The number of carbonyl (C=O) groups excluding carboxylic acids is 2. The molecule has 0 heterocycles. The van der Waals surface area contributed by atoms with Crippen LogP contribution >= 0.6 is 0 Å². The zero-order valence-corrected chi connectivity index (χ0v) is 56.3. The quantitative estimate of drug-likeness (QED) is 0.0417. The van der Waals surface area contributed by atoms with Gasteiger partial charge >= 0.3 is 5.97 Å². The van der Waals surface area contributed by atoms with Crippen LogP contribution in [0.2, 0.25) is 0 Å². The smallest absolute Gasteiger partial charge is 0.305 e. The van der Waals surface area contributed by atoms with Crippen LogP contribution in [0.3, 0.4) is 0 Å². The highest BCUT2D eigenvalue weighted by molar-refractivity contribution is 5.76. The third-order valence-electron chi connectivity index (χ3n) is 18.4. The van der Waals surface area contributed by atoms with Gasteiger partial charge in [0, 0.05) is 12.8 Å². The average molecular weight is 1160 g/mol. The van der Waals surface area contributed by atoms with Crippen molar-refractivity contribution in [3.8, 4) is 0 Å². The van der Waals surface area contributed by atoms with Crippen LogP contribution in [0.15, 0.2) is 0 Å². The first-order valence-corrected chi connectivity index (χ1v) is 38.3. The van der Waals surface area contributed by atoms with Gasteiger partial charge in [-0.3, -0.25) is 9.59 Å². The Morgan fingerprint density at radius 3 is 0.744 bits per heavy atom. The fourth-order valence-corrected chi connectivity index (χ4v) is 12.6. The van der Waals surface area contributed by atoms with E-state index in [0.29, 0.717) is 25.9 Å². The predicted octanol–water partition coefficient (Wildman–Crippen LogP) is 24.9. The number of esters is 1. The number of hydrogen-bond donors (Lipinski definition) is 3. The van der Waals surface area contributed by atoms with E-state index < -0.39 is 12.1 Å². The van der Waals surface area contributed by atoms with Crippen LogP contribution in [0, 0.1) is 0 Å². The summed E-state index contributed by atoms with van der Waals surface area (Å²) in [6.45, 7) is 5.01. The van der Waals surface area contributed by atoms with Crippen molar-refractivity contribution in [3.05, 3.63) is 0 Å². The maximum Gasteiger partial charge on any atom is 0.305 e. The molecule has 0 aromatic heterocycles. The monoisotopic (exact) mass is 1160 g/mol. The second kappa shape index (κ2) is 72.3. The minimum absolute atomic E-state index is 0.0222. The van der Waals surface area contributed by atoms with Gasteiger partial charge in [-0.05, 0) is 25.7 Å². The topological polar surface area (TPSA) is 95.9 Å². The minimum Gasteiger partial charge on any atom is -0.466 e. The van der Waals surface area contributed by atoms with E-state index in [1.807, 2.05) is 0 Å². The van der Waals surface area contributed by atoms with E-state index >= 15 is 0 Å². The molecule has 6 nitrogen and oxygen atoms in total. The van der Waals surface area contributed by atoms with Gasteiger partial charge in [0.05, 0.1) is 25.4 Å². The summed E-state index contributed by atoms with van der Waals surface area (Å²) in [7, 11) is 0. The summed E-state index contributed by atoms with van der Waals surface area (Å²) < 4.78 is 5.48. The molecule has 490 valence electrons. The molecule has 0 aliphatic rings. The fraction of sp³-hybridized carbons (Fsp3) is 0.974. The van der Waals surface area contributed by atoms with Gasteiger partial charge in [0.15, 0.2) is 0 Å². The van der Waals surface area contributed by atoms with E-state index in [1.165, 1.54) is 379 Å². The van der Waals surface area contributed by atoms with Gasteiger partial charge < -0.3 is 20.3 Å². The average Bonchev–Trinajstić information content (AvgIpc) is 3.48. The first kappa shape index (κ1) is 80.9.